The Morgan fingerprint density at radius 2 is 2.32 bits per heavy atom. The summed E-state index contributed by atoms with van der Waals surface area (Å²) >= 11 is 5.04. The number of aryl methyl sites for hydroxylation is 1. The number of esters is 1. The Labute approximate surface area is 141 Å². The number of hydrogen-bond acceptors (Lipinski definition) is 6. The first kappa shape index (κ1) is 16.6. The van der Waals surface area contributed by atoms with Crippen molar-refractivity contribution in [2.45, 2.75) is 26.2 Å². The number of carbonyl (C=O) groups excluding carboxylic acids is 1. The number of thiophene rings is 1. The van der Waals surface area contributed by atoms with Crippen LogP contribution in [0.25, 0.3) is 0 Å². The van der Waals surface area contributed by atoms with Gasteiger partial charge < -0.3 is 15.2 Å². The molecule has 1 aliphatic heterocycles. The van der Waals surface area contributed by atoms with E-state index in [0.29, 0.717) is 11.3 Å². The number of nitriles is 1. The Morgan fingerprint density at radius 1 is 1.64 bits per heavy atom. The molecule has 7 heteroatoms. The molecule has 2 rings (SSSR count). The second-order valence-corrected chi connectivity index (χ2v) is 6.68. The molecule has 0 aliphatic carbocycles. The molecule has 1 aliphatic rings. The summed E-state index contributed by atoms with van der Waals surface area (Å²) in [5.74, 6) is -0.700. The van der Waals surface area contributed by atoms with Crippen LogP contribution in [0.3, 0.4) is 0 Å². The lowest BCUT2D eigenvalue weighted by Gasteiger charge is -2.25. The number of halogens is 1. The van der Waals surface area contributed by atoms with E-state index < -0.39 is 11.9 Å². The number of rotatable bonds is 3. The lowest BCUT2D eigenvalue weighted by molar-refractivity contribution is -0.136. The van der Waals surface area contributed by atoms with E-state index in [-0.39, 0.29) is 11.5 Å². The van der Waals surface area contributed by atoms with E-state index in [2.05, 4.69) is 22.0 Å². The summed E-state index contributed by atoms with van der Waals surface area (Å²) in [5, 5.41) is 9.44. The Morgan fingerprint density at radius 3 is 2.82 bits per heavy atom. The summed E-state index contributed by atoms with van der Waals surface area (Å²) in [4.78, 5) is 14.1. The van der Waals surface area contributed by atoms with Crippen molar-refractivity contribution in [1.82, 2.24) is 0 Å². The van der Waals surface area contributed by atoms with Gasteiger partial charge in [0.15, 0.2) is 0 Å². The third-order valence-corrected chi connectivity index (χ3v) is 5.71. The molecular weight excluding hydrogens is 368 g/mol. The van der Waals surface area contributed by atoms with E-state index in [1.807, 2.05) is 13.0 Å². The minimum Gasteiger partial charge on any atom is -0.466 e. The Kier molecular flexibility index (Phi) is 4.94. The molecule has 1 unspecified atom stereocenters. The predicted octanol–water partition coefficient (Wildman–Crippen LogP) is 3.33. The molecule has 0 bridgehead atoms. The van der Waals surface area contributed by atoms with Gasteiger partial charge in [0.2, 0.25) is 5.88 Å². The molecule has 1 aromatic rings. The quantitative estimate of drug-likeness (QED) is 0.810. The fraction of sp³-hybridized carbons (Fsp3) is 0.333. The lowest BCUT2D eigenvalue weighted by Crippen LogP contribution is -2.24. The fourth-order valence-electron chi connectivity index (χ4n) is 2.35. The van der Waals surface area contributed by atoms with Gasteiger partial charge in [-0.05, 0) is 35.3 Å². The maximum atomic E-state index is 12.2. The van der Waals surface area contributed by atoms with Crippen LogP contribution < -0.4 is 5.73 Å². The second-order valence-electron chi connectivity index (χ2n) is 4.66. The zero-order chi connectivity index (χ0) is 16.4. The number of methoxy groups -OCH3 is 1. The van der Waals surface area contributed by atoms with Crippen LogP contribution in [0, 0.1) is 11.3 Å². The summed E-state index contributed by atoms with van der Waals surface area (Å²) in [5.41, 5.74) is 6.36. The Balaban J connectivity index is 2.65. The smallest absolute Gasteiger partial charge is 0.338 e. The van der Waals surface area contributed by atoms with Crippen molar-refractivity contribution in [3.8, 4) is 6.07 Å². The van der Waals surface area contributed by atoms with Crippen LogP contribution in [-0.4, -0.2) is 13.1 Å². The standard InChI is InChI=1S/C15H15BrN2O3S/c1-4-10-9(16)5-11(22-10)13-8(6-17)14(18)21-7(2)12(13)15(19)20-3/h5,13H,4,18H2,1-3H3. The van der Waals surface area contributed by atoms with Crippen molar-refractivity contribution in [3.05, 3.63) is 43.1 Å². The summed E-state index contributed by atoms with van der Waals surface area (Å²) in [6, 6.07) is 3.97. The van der Waals surface area contributed by atoms with Gasteiger partial charge in [-0.2, -0.15) is 5.26 Å². The first-order chi connectivity index (χ1) is 10.4. The van der Waals surface area contributed by atoms with Crippen molar-refractivity contribution in [3.63, 3.8) is 0 Å². The maximum absolute atomic E-state index is 12.2. The van der Waals surface area contributed by atoms with Crippen molar-refractivity contribution in [2.75, 3.05) is 7.11 Å². The molecule has 0 amide bonds. The van der Waals surface area contributed by atoms with E-state index in [1.54, 1.807) is 6.92 Å². The zero-order valence-electron chi connectivity index (χ0n) is 12.4. The van der Waals surface area contributed by atoms with Gasteiger partial charge in [-0.15, -0.1) is 11.3 Å². The van der Waals surface area contributed by atoms with Gasteiger partial charge in [-0.3, -0.25) is 0 Å². The summed E-state index contributed by atoms with van der Waals surface area (Å²) in [7, 11) is 1.30. The first-order valence-corrected chi connectivity index (χ1v) is 8.20. The van der Waals surface area contributed by atoms with E-state index in [0.717, 1.165) is 20.6 Å². The van der Waals surface area contributed by atoms with Crippen molar-refractivity contribution in [2.24, 2.45) is 5.73 Å². The Hall–Kier alpha value is -1.78. The average Bonchev–Trinajstić information content (AvgIpc) is 2.86. The van der Waals surface area contributed by atoms with Crippen LogP contribution in [0.4, 0.5) is 0 Å². The van der Waals surface area contributed by atoms with Gasteiger partial charge in [0.1, 0.15) is 17.4 Å². The molecule has 1 atom stereocenters. The van der Waals surface area contributed by atoms with Gasteiger partial charge in [0.05, 0.1) is 18.6 Å². The third-order valence-electron chi connectivity index (χ3n) is 3.39. The molecule has 5 nitrogen and oxygen atoms in total. The number of ether oxygens (including phenoxy) is 2. The molecule has 2 heterocycles. The van der Waals surface area contributed by atoms with Crippen LogP contribution in [0.2, 0.25) is 0 Å². The van der Waals surface area contributed by atoms with Crippen LogP contribution in [0.15, 0.2) is 33.3 Å². The van der Waals surface area contributed by atoms with Crippen LogP contribution >= 0.6 is 27.3 Å². The normalized spacial score (nSPS) is 18.0. The van der Waals surface area contributed by atoms with Crippen LogP contribution in [-0.2, 0) is 20.7 Å². The summed E-state index contributed by atoms with van der Waals surface area (Å²) in [6.07, 6.45) is 0.853. The number of hydrogen-bond donors (Lipinski definition) is 1. The highest BCUT2D eigenvalue weighted by atomic mass is 79.9. The van der Waals surface area contributed by atoms with Gasteiger partial charge in [-0.1, -0.05) is 6.92 Å². The predicted molar refractivity (Wildman–Crippen MR) is 86.8 cm³/mol. The average molecular weight is 383 g/mol. The highest BCUT2D eigenvalue weighted by Crippen LogP contribution is 2.44. The maximum Gasteiger partial charge on any atom is 0.338 e. The third kappa shape index (κ3) is 2.76. The molecule has 0 spiro atoms. The molecule has 2 N–H and O–H groups in total. The summed E-state index contributed by atoms with van der Waals surface area (Å²) < 4.78 is 11.2. The minimum atomic E-state index is -0.562. The lowest BCUT2D eigenvalue weighted by atomic mass is 9.87. The monoisotopic (exact) mass is 382 g/mol. The zero-order valence-corrected chi connectivity index (χ0v) is 14.8. The van der Waals surface area contributed by atoms with Crippen molar-refractivity contribution in [1.29, 1.82) is 5.26 Å². The van der Waals surface area contributed by atoms with E-state index in [9.17, 15) is 10.1 Å². The SMILES string of the molecule is CCc1sc(C2C(C#N)=C(N)OC(C)=C2C(=O)OC)cc1Br. The van der Waals surface area contributed by atoms with Crippen LogP contribution in [0.1, 0.15) is 29.5 Å². The van der Waals surface area contributed by atoms with E-state index in [1.165, 1.54) is 18.4 Å². The largest absolute Gasteiger partial charge is 0.466 e. The highest BCUT2D eigenvalue weighted by molar-refractivity contribution is 9.10. The van der Waals surface area contributed by atoms with E-state index in [4.69, 9.17) is 15.2 Å². The van der Waals surface area contributed by atoms with E-state index >= 15 is 0 Å². The van der Waals surface area contributed by atoms with Gasteiger partial charge in [0, 0.05) is 14.2 Å². The number of nitrogens with zero attached hydrogens (tertiary/aromatic N) is 1. The molecule has 116 valence electrons. The molecule has 0 fully saturated rings. The number of carbonyl (C=O) groups is 1. The fourth-order valence-corrected chi connectivity index (χ4v) is 4.39. The molecule has 1 aromatic heterocycles. The van der Waals surface area contributed by atoms with Gasteiger partial charge in [-0.25, -0.2) is 4.79 Å². The molecule has 22 heavy (non-hydrogen) atoms. The van der Waals surface area contributed by atoms with Gasteiger partial charge >= 0.3 is 5.97 Å². The number of nitrogens with two attached hydrogens (primary N) is 1. The highest BCUT2D eigenvalue weighted by Gasteiger charge is 2.37. The molecule has 0 radical (unpaired) electrons. The molecule has 0 aromatic carbocycles. The first-order valence-electron chi connectivity index (χ1n) is 6.59. The number of allylic oxidation sites excluding steroid dienone is 2. The van der Waals surface area contributed by atoms with Crippen molar-refractivity contribution >= 4 is 33.2 Å². The molecule has 0 saturated heterocycles. The minimum absolute atomic E-state index is 0.0280. The topological polar surface area (TPSA) is 85.3 Å². The molecule has 0 saturated carbocycles. The van der Waals surface area contributed by atoms with Crippen molar-refractivity contribution < 1.29 is 14.3 Å². The molecular formula is C15H15BrN2O3S. The Bertz CT molecular complexity index is 728. The van der Waals surface area contributed by atoms with Gasteiger partial charge in [0.25, 0.3) is 0 Å². The van der Waals surface area contributed by atoms with Crippen LogP contribution in [0.5, 0.6) is 0 Å². The second kappa shape index (κ2) is 6.55. The summed E-state index contributed by atoms with van der Waals surface area (Å²) in [6.45, 7) is 3.69.